The van der Waals surface area contributed by atoms with Crippen LogP contribution >= 0.6 is 0 Å². The summed E-state index contributed by atoms with van der Waals surface area (Å²) in [7, 11) is 3.25. The van der Waals surface area contributed by atoms with E-state index in [-0.39, 0.29) is 6.61 Å². The van der Waals surface area contributed by atoms with Crippen LogP contribution in [0.4, 0.5) is 5.69 Å². The van der Waals surface area contributed by atoms with Crippen LogP contribution in [0, 0.1) is 0 Å². The predicted octanol–water partition coefficient (Wildman–Crippen LogP) is 2.54. The van der Waals surface area contributed by atoms with Crippen molar-refractivity contribution in [3.8, 4) is 11.5 Å². The second-order valence-electron chi connectivity index (χ2n) is 5.80. The molecule has 9 nitrogen and oxygen atoms in total. The largest absolute Gasteiger partial charge is 0.493 e. The molecule has 1 aromatic heterocycles. The topological polar surface area (TPSA) is 138 Å². The number of unbranched alkanes of at least 4 members (excludes halogenated alkanes) is 2. The van der Waals surface area contributed by atoms with Gasteiger partial charge in [-0.25, -0.2) is 9.59 Å². The standard InChI is InChI=1S/C16H22N2O3.C4H4O4/c1-20-15-10-12-13(17-7-4-3-5-9-19)6-8-18-14(12)11-16(15)21-2;5-3(6)1-2-4(7)8/h6,8,10-11,19H,3-5,7,9H2,1-2H3,(H,17,18);1-2H,(H,5,6)(H,7,8). The Morgan fingerprint density at radius 1 is 1.03 bits per heavy atom. The number of pyridine rings is 1. The molecule has 0 unspecified atom stereocenters. The van der Waals surface area contributed by atoms with Gasteiger partial charge in [-0.1, -0.05) is 0 Å². The van der Waals surface area contributed by atoms with E-state index in [9.17, 15) is 9.59 Å². The first-order valence-corrected chi connectivity index (χ1v) is 8.92. The van der Waals surface area contributed by atoms with Gasteiger partial charge in [0.15, 0.2) is 11.5 Å². The van der Waals surface area contributed by atoms with E-state index in [2.05, 4.69) is 10.3 Å². The lowest BCUT2D eigenvalue weighted by Crippen LogP contribution is -2.03. The van der Waals surface area contributed by atoms with Crippen molar-refractivity contribution >= 4 is 28.5 Å². The molecular weight excluding hydrogens is 380 g/mol. The molecule has 1 aromatic carbocycles. The normalized spacial score (nSPS) is 10.3. The zero-order valence-corrected chi connectivity index (χ0v) is 16.4. The van der Waals surface area contributed by atoms with Crippen LogP contribution in [0.3, 0.4) is 0 Å². The van der Waals surface area contributed by atoms with Gasteiger partial charge >= 0.3 is 11.9 Å². The number of carboxylic acid groups (broad SMARTS) is 2. The smallest absolute Gasteiger partial charge is 0.328 e. The van der Waals surface area contributed by atoms with Crippen molar-refractivity contribution in [1.82, 2.24) is 4.98 Å². The molecule has 1 heterocycles. The number of aromatic nitrogens is 1. The lowest BCUT2D eigenvalue weighted by atomic mass is 10.1. The SMILES string of the molecule is COc1cc2nccc(NCCCCCO)c2cc1OC.O=C(O)C=CC(=O)O. The maximum absolute atomic E-state index is 9.55. The quantitative estimate of drug-likeness (QED) is 0.346. The highest BCUT2D eigenvalue weighted by Gasteiger charge is 2.09. The fraction of sp³-hybridized carbons (Fsp3) is 0.350. The molecule has 4 N–H and O–H groups in total. The maximum atomic E-state index is 9.55. The Labute approximate surface area is 168 Å². The van der Waals surface area contributed by atoms with Gasteiger partial charge in [-0.3, -0.25) is 4.98 Å². The number of benzene rings is 1. The molecule has 158 valence electrons. The minimum Gasteiger partial charge on any atom is -0.493 e. The lowest BCUT2D eigenvalue weighted by molar-refractivity contribution is -0.134. The number of hydrogen-bond donors (Lipinski definition) is 4. The predicted molar refractivity (Wildman–Crippen MR) is 109 cm³/mol. The number of nitrogens with zero attached hydrogens (tertiary/aromatic N) is 1. The highest BCUT2D eigenvalue weighted by atomic mass is 16.5. The van der Waals surface area contributed by atoms with E-state index in [0.717, 1.165) is 42.4 Å². The van der Waals surface area contributed by atoms with E-state index >= 15 is 0 Å². The minimum absolute atomic E-state index is 0.259. The summed E-state index contributed by atoms with van der Waals surface area (Å²) in [6.45, 7) is 1.13. The summed E-state index contributed by atoms with van der Waals surface area (Å²) < 4.78 is 10.6. The Kier molecular flexibility index (Phi) is 10.6. The molecule has 0 bridgehead atoms. The molecule has 0 radical (unpaired) electrons. The Morgan fingerprint density at radius 2 is 1.66 bits per heavy atom. The van der Waals surface area contributed by atoms with E-state index in [1.54, 1.807) is 20.4 Å². The van der Waals surface area contributed by atoms with Gasteiger partial charge in [0, 0.05) is 48.6 Å². The molecule has 2 rings (SSSR count). The number of aliphatic carboxylic acids is 2. The zero-order chi connectivity index (χ0) is 21.6. The van der Waals surface area contributed by atoms with Gasteiger partial charge in [0.1, 0.15) is 0 Å². The van der Waals surface area contributed by atoms with Crippen molar-refractivity contribution in [2.45, 2.75) is 19.3 Å². The lowest BCUT2D eigenvalue weighted by Gasteiger charge is -2.12. The van der Waals surface area contributed by atoms with Crippen LogP contribution in [0.15, 0.2) is 36.5 Å². The summed E-state index contributed by atoms with van der Waals surface area (Å²) in [5.74, 6) is -1.14. The number of hydrogen-bond acceptors (Lipinski definition) is 7. The molecule has 2 aromatic rings. The zero-order valence-electron chi connectivity index (χ0n) is 16.4. The van der Waals surface area contributed by atoms with E-state index in [0.29, 0.717) is 23.7 Å². The number of fused-ring (bicyclic) bond motifs is 1. The van der Waals surface area contributed by atoms with Gasteiger partial charge in [-0.15, -0.1) is 0 Å². The summed E-state index contributed by atoms with van der Waals surface area (Å²) in [6, 6.07) is 5.78. The molecule has 0 amide bonds. The van der Waals surface area contributed by atoms with E-state index < -0.39 is 11.9 Å². The number of carboxylic acids is 2. The Morgan fingerprint density at radius 3 is 2.21 bits per heavy atom. The molecule has 0 atom stereocenters. The van der Waals surface area contributed by atoms with Crippen molar-refractivity contribution in [3.63, 3.8) is 0 Å². The van der Waals surface area contributed by atoms with Crippen LogP contribution in [0.5, 0.6) is 11.5 Å². The van der Waals surface area contributed by atoms with E-state index in [1.165, 1.54) is 0 Å². The van der Waals surface area contributed by atoms with Crippen molar-refractivity contribution < 1.29 is 34.4 Å². The average molecular weight is 406 g/mol. The Bertz CT molecular complexity index is 821. The van der Waals surface area contributed by atoms with Gasteiger partial charge in [0.2, 0.25) is 0 Å². The molecule has 0 saturated carbocycles. The number of aliphatic hydroxyl groups excluding tert-OH is 1. The van der Waals surface area contributed by atoms with Crippen LogP contribution in [0.1, 0.15) is 19.3 Å². The van der Waals surface area contributed by atoms with Crippen LogP contribution in [-0.4, -0.2) is 59.6 Å². The molecule has 0 aliphatic rings. The highest BCUT2D eigenvalue weighted by Crippen LogP contribution is 2.34. The first-order chi connectivity index (χ1) is 13.9. The number of carbonyl (C=O) groups is 2. The van der Waals surface area contributed by atoms with E-state index in [1.807, 2.05) is 18.2 Å². The Hall–Kier alpha value is -3.33. The molecule has 29 heavy (non-hydrogen) atoms. The summed E-state index contributed by atoms with van der Waals surface area (Å²) in [5.41, 5.74) is 1.90. The number of methoxy groups -OCH3 is 2. The summed E-state index contributed by atoms with van der Waals surface area (Å²) >= 11 is 0. The van der Waals surface area contributed by atoms with Gasteiger partial charge in [0.25, 0.3) is 0 Å². The molecule has 9 heteroatoms. The van der Waals surface area contributed by atoms with Gasteiger partial charge in [-0.2, -0.15) is 0 Å². The molecule has 0 fully saturated rings. The monoisotopic (exact) mass is 406 g/mol. The molecule has 0 aliphatic heterocycles. The molecule has 0 saturated heterocycles. The number of anilines is 1. The number of ether oxygens (including phenoxy) is 2. The van der Waals surface area contributed by atoms with Crippen LogP contribution in [0.2, 0.25) is 0 Å². The second-order valence-corrected chi connectivity index (χ2v) is 5.80. The van der Waals surface area contributed by atoms with Crippen molar-refractivity contribution in [2.75, 3.05) is 32.7 Å². The third-order valence-electron chi connectivity index (χ3n) is 3.77. The van der Waals surface area contributed by atoms with Crippen molar-refractivity contribution in [2.24, 2.45) is 0 Å². The van der Waals surface area contributed by atoms with E-state index in [4.69, 9.17) is 24.8 Å². The minimum atomic E-state index is -1.26. The van der Waals surface area contributed by atoms with Gasteiger partial charge in [-0.05, 0) is 31.4 Å². The van der Waals surface area contributed by atoms with Gasteiger partial charge < -0.3 is 30.1 Å². The van der Waals surface area contributed by atoms with Crippen LogP contribution < -0.4 is 14.8 Å². The Balaban J connectivity index is 0.000000447. The third-order valence-corrected chi connectivity index (χ3v) is 3.77. The summed E-state index contributed by atoms with van der Waals surface area (Å²) in [5, 5.41) is 28.8. The fourth-order valence-electron chi connectivity index (χ4n) is 2.41. The highest BCUT2D eigenvalue weighted by molar-refractivity contribution is 5.93. The first kappa shape index (κ1) is 23.7. The number of rotatable bonds is 10. The van der Waals surface area contributed by atoms with Gasteiger partial charge in [0.05, 0.1) is 19.7 Å². The maximum Gasteiger partial charge on any atom is 0.328 e. The van der Waals surface area contributed by atoms with Crippen molar-refractivity contribution in [1.29, 1.82) is 0 Å². The fourth-order valence-corrected chi connectivity index (χ4v) is 2.41. The summed E-state index contributed by atoms with van der Waals surface area (Å²) in [6.07, 6.45) is 5.79. The second kappa shape index (κ2) is 12.9. The number of nitrogens with one attached hydrogen (secondary N) is 1. The first-order valence-electron chi connectivity index (χ1n) is 8.92. The average Bonchev–Trinajstić information content (AvgIpc) is 2.71. The van der Waals surface area contributed by atoms with Crippen LogP contribution in [0.25, 0.3) is 10.9 Å². The van der Waals surface area contributed by atoms with Crippen molar-refractivity contribution in [3.05, 3.63) is 36.5 Å². The third kappa shape index (κ3) is 8.48. The summed E-state index contributed by atoms with van der Waals surface area (Å²) in [4.78, 5) is 23.5. The molecule has 0 spiro atoms. The van der Waals surface area contributed by atoms with Crippen LogP contribution in [-0.2, 0) is 9.59 Å². The molecular formula is C20H26N2O7. The molecule has 0 aliphatic carbocycles. The number of aliphatic hydroxyl groups is 1.